The predicted molar refractivity (Wildman–Crippen MR) is 88.7 cm³/mol. The summed E-state index contributed by atoms with van der Waals surface area (Å²) in [4.78, 5) is 13.6. The maximum Gasteiger partial charge on any atom is 0.321 e. The van der Waals surface area contributed by atoms with Crippen LogP contribution in [0, 0.1) is 0 Å². The van der Waals surface area contributed by atoms with Gasteiger partial charge in [0.25, 0.3) is 0 Å². The lowest BCUT2D eigenvalue weighted by Gasteiger charge is -2.21. The second-order valence-electron chi connectivity index (χ2n) is 5.77. The number of β-amino-alcohol motifs (C(OH)–C–C–N with tert-alkyl or cyclic N) is 1. The normalized spacial score (nSPS) is 20.8. The highest BCUT2D eigenvalue weighted by molar-refractivity contribution is 7.92. The second kappa shape index (κ2) is 6.83. The predicted octanol–water partition coefficient (Wildman–Crippen LogP) is 0.0277. The van der Waals surface area contributed by atoms with E-state index in [4.69, 9.17) is 9.84 Å². The molecule has 1 aliphatic heterocycles. The molecule has 1 aromatic carbocycles. The van der Waals surface area contributed by atoms with Crippen LogP contribution in [0.15, 0.2) is 18.2 Å². The molecule has 24 heavy (non-hydrogen) atoms. The molecular formula is C14H21N3O6S. The molecule has 0 aromatic heterocycles. The Morgan fingerprint density at radius 1 is 1.46 bits per heavy atom. The average molecular weight is 359 g/mol. The van der Waals surface area contributed by atoms with Crippen molar-refractivity contribution >= 4 is 27.4 Å². The number of sulfonamides is 1. The molecule has 10 heteroatoms. The lowest BCUT2D eigenvalue weighted by molar-refractivity contribution is -0.00246. The number of nitrogens with zero attached hydrogens (tertiary/aromatic N) is 1. The van der Waals surface area contributed by atoms with Gasteiger partial charge in [0.2, 0.25) is 10.0 Å². The van der Waals surface area contributed by atoms with Gasteiger partial charge in [-0.05, 0) is 24.6 Å². The van der Waals surface area contributed by atoms with E-state index in [-0.39, 0.29) is 12.2 Å². The Bertz CT molecular complexity index is 723. The number of nitrogens with one attached hydrogen (secondary N) is 2. The molecule has 134 valence electrons. The first-order valence-electron chi connectivity index (χ1n) is 7.21. The van der Waals surface area contributed by atoms with Crippen LogP contribution in [0.2, 0.25) is 0 Å². The maximum atomic E-state index is 12.2. The van der Waals surface area contributed by atoms with Crippen LogP contribution in [0.5, 0.6) is 5.75 Å². The highest BCUT2D eigenvalue weighted by atomic mass is 32.2. The third-order valence-electron chi connectivity index (χ3n) is 3.66. The number of ether oxygens (including phenoxy) is 1. The monoisotopic (exact) mass is 359 g/mol. The van der Waals surface area contributed by atoms with Gasteiger partial charge in [-0.25, -0.2) is 13.2 Å². The number of aliphatic hydroxyl groups excluding tert-OH is 1. The van der Waals surface area contributed by atoms with Gasteiger partial charge in [-0.2, -0.15) is 0 Å². The van der Waals surface area contributed by atoms with Crippen molar-refractivity contribution in [1.82, 2.24) is 4.90 Å². The van der Waals surface area contributed by atoms with Gasteiger partial charge >= 0.3 is 6.03 Å². The van der Waals surface area contributed by atoms with E-state index in [2.05, 4.69) is 10.0 Å². The maximum absolute atomic E-state index is 12.2. The quantitative estimate of drug-likeness (QED) is 0.587. The number of amides is 2. The van der Waals surface area contributed by atoms with Crippen LogP contribution in [0.25, 0.3) is 0 Å². The molecule has 1 saturated heterocycles. The standard InChI is InChI=1S/C14H21N3O6S/c1-23-12-4-3-10(7-11(12)16-24(2,21)22)15-13(19)17-6-5-14(20,8-17)9-18/h3-4,7,16,18,20H,5-6,8-9H2,1-2H3,(H,15,19)/t14-/m0/s1. The Morgan fingerprint density at radius 2 is 2.17 bits per heavy atom. The molecule has 0 saturated carbocycles. The summed E-state index contributed by atoms with van der Waals surface area (Å²) in [7, 11) is -2.10. The van der Waals surface area contributed by atoms with Crippen molar-refractivity contribution in [1.29, 1.82) is 0 Å². The summed E-state index contributed by atoms with van der Waals surface area (Å²) < 4.78 is 30.2. The molecule has 0 unspecified atom stereocenters. The van der Waals surface area contributed by atoms with Gasteiger partial charge in [-0.3, -0.25) is 4.72 Å². The van der Waals surface area contributed by atoms with Crippen LogP contribution in [-0.4, -0.2) is 68.2 Å². The molecule has 1 aromatic rings. The molecule has 9 nitrogen and oxygen atoms in total. The first-order chi connectivity index (χ1) is 11.2. The molecule has 2 amide bonds. The van der Waals surface area contributed by atoms with Crippen molar-refractivity contribution < 1.29 is 28.2 Å². The van der Waals surface area contributed by atoms with Gasteiger partial charge in [0.15, 0.2) is 0 Å². The number of hydrogen-bond donors (Lipinski definition) is 4. The van der Waals surface area contributed by atoms with Gasteiger partial charge in [-0.15, -0.1) is 0 Å². The minimum atomic E-state index is -3.50. The Balaban J connectivity index is 2.12. The Hall–Kier alpha value is -2.04. The minimum absolute atomic E-state index is 0.0277. The van der Waals surface area contributed by atoms with E-state index < -0.39 is 28.3 Å². The summed E-state index contributed by atoms with van der Waals surface area (Å²) in [5.41, 5.74) is -0.710. The summed E-state index contributed by atoms with van der Waals surface area (Å²) in [6, 6.07) is 4.08. The minimum Gasteiger partial charge on any atom is -0.495 e. The van der Waals surface area contributed by atoms with Crippen LogP contribution < -0.4 is 14.8 Å². The fourth-order valence-corrected chi connectivity index (χ4v) is 2.99. The fraction of sp³-hybridized carbons (Fsp3) is 0.500. The zero-order valence-corrected chi connectivity index (χ0v) is 14.3. The second-order valence-corrected chi connectivity index (χ2v) is 7.52. The highest BCUT2D eigenvalue weighted by Crippen LogP contribution is 2.29. The first-order valence-corrected chi connectivity index (χ1v) is 9.10. The van der Waals surface area contributed by atoms with E-state index in [0.29, 0.717) is 24.4 Å². The smallest absolute Gasteiger partial charge is 0.321 e. The zero-order valence-electron chi connectivity index (χ0n) is 13.4. The summed E-state index contributed by atoms with van der Waals surface area (Å²) in [5, 5.41) is 21.7. The summed E-state index contributed by atoms with van der Waals surface area (Å²) in [6.07, 6.45) is 1.30. The number of carbonyl (C=O) groups is 1. The van der Waals surface area contributed by atoms with Crippen LogP contribution in [0.1, 0.15) is 6.42 Å². The molecule has 2 rings (SSSR count). The number of urea groups is 1. The molecule has 0 radical (unpaired) electrons. The van der Waals surface area contributed by atoms with Crippen LogP contribution in [0.3, 0.4) is 0 Å². The Kier molecular flexibility index (Phi) is 5.21. The topological polar surface area (TPSA) is 128 Å². The van der Waals surface area contributed by atoms with Crippen molar-refractivity contribution in [2.75, 3.05) is 43.1 Å². The molecule has 0 bridgehead atoms. The van der Waals surface area contributed by atoms with Crippen molar-refractivity contribution in [3.63, 3.8) is 0 Å². The molecule has 1 atom stereocenters. The van der Waals surface area contributed by atoms with E-state index in [1.54, 1.807) is 6.07 Å². The lowest BCUT2D eigenvalue weighted by Crippen LogP contribution is -2.40. The molecule has 0 spiro atoms. The number of methoxy groups -OCH3 is 1. The van der Waals surface area contributed by atoms with E-state index >= 15 is 0 Å². The summed E-state index contributed by atoms with van der Waals surface area (Å²) in [6.45, 7) is -0.0742. The summed E-state index contributed by atoms with van der Waals surface area (Å²) >= 11 is 0. The molecular weight excluding hydrogens is 338 g/mol. The highest BCUT2D eigenvalue weighted by Gasteiger charge is 2.37. The molecule has 1 heterocycles. The number of aliphatic hydroxyl groups is 2. The third-order valence-corrected chi connectivity index (χ3v) is 4.25. The number of likely N-dealkylation sites (tertiary alicyclic amines) is 1. The number of rotatable bonds is 5. The van der Waals surface area contributed by atoms with Gasteiger partial charge < -0.3 is 25.2 Å². The van der Waals surface area contributed by atoms with Crippen LogP contribution in [-0.2, 0) is 10.0 Å². The molecule has 4 N–H and O–H groups in total. The van der Waals surface area contributed by atoms with Crippen molar-refractivity contribution in [2.45, 2.75) is 12.0 Å². The van der Waals surface area contributed by atoms with Crippen molar-refractivity contribution in [3.8, 4) is 5.75 Å². The third kappa shape index (κ3) is 4.49. The zero-order chi connectivity index (χ0) is 18.0. The molecule has 1 fully saturated rings. The van der Waals surface area contributed by atoms with Gasteiger partial charge in [0.1, 0.15) is 11.4 Å². The number of anilines is 2. The van der Waals surface area contributed by atoms with Crippen LogP contribution >= 0.6 is 0 Å². The van der Waals surface area contributed by atoms with E-state index in [0.717, 1.165) is 6.26 Å². The summed E-state index contributed by atoms with van der Waals surface area (Å²) in [5.74, 6) is 0.314. The first kappa shape index (κ1) is 18.3. The Labute approximate surface area is 140 Å². The van der Waals surface area contributed by atoms with E-state index in [1.807, 2.05) is 0 Å². The van der Waals surface area contributed by atoms with Gasteiger partial charge in [0.05, 0.1) is 32.2 Å². The number of carbonyl (C=O) groups excluding carboxylic acids is 1. The number of hydrogen-bond acceptors (Lipinski definition) is 6. The Morgan fingerprint density at radius 3 is 2.71 bits per heavy atom. The van der Waals surface area contributed by atoms with Crippen LogP contribution in [0.4, 0.5) is 16.2 Å². The fourth-order valence-electron chi connectivity index (χ4n) is 2.43. The average Bonchev–Trinajstić information content (AvgIpc) is 2.89. The lowest BCUT2D eigenvalue weighted by atomic mass is 10.1. The SMILES string of the molecule is COc1ccc(NC(=O)N2CC[C@@](O)(CO)C2)cc1NS(C)(=O)=O. The van der Waals surface area contributed by atoms with Crippen molar-refractivity contribution in [2.24, 2.45) is 0 Å². The van der Waals surface area contributed by atoms with E-state index in [9.17, 15) is 18.3 Å². The van der Waals surface area contributed by atoms with Crippen molar-refractivity contribution in [3.05, 3.63) is 18.2 Å². The largest absolute Gasteiger partial charge is 0.495 e. The molecule has 0 aliphatic carbocycles. The molecule has 1 aliphatic rings. The number of benzene rings is 1. The van der Waals surface area contributed by atoms with Gasteiger partial charge in [-0.1, -0.05) is 0 Å². The van der Waals surface area contributed by atoms with E-state index in [1.165, 1.54) is 24.1 Å². The van der Waals surface area contributed by atoms with Gasteiger partial charge in [0, 0.05) is 12.2 Å².